The highest BCUT2D eigenvalue weighted by Gasteiger charge is 2.09. The predicted octanol–water partition coefficient (Wildman–Crippen LogP) is 5.40. The third-order valence-electron chi connectivity index (χ3n) is 3.44. The van der Waals surface area contributed by atoms with Gasteiger partial charge in [-0.15, -0.1) is 0 Å². The molecule has 0 radical (unpaired) electrons. The molecule has 3 rings (SSSR count). The van der Waals surface area contributed by atoms with Crippen molar-refractivity contribution in [2.45, 2.75) is 0 Å². The Labute approximate surface area is 145 Å². The van der Waals surface area contributed by atoms with Gasteiger partial charge in [-0.25, -0.2) is 4.99 Å². The highest BCUT2D eigenvalue weighted by molar-refractivity contribution is 6.38. The molecular formula is C20H15ClN2O. The molecule has 24 heavy (non-hydrogen) atoms. The Kier molecular flexibility index (Phi) is 5.04. The molecular weight excluding hydrogens is 320 g/mol. The number of nitrogens with zero attached hydrogens (tertiary/aromatic N) is 1. The summed E-state index contributed by atoms with van der Waals surface area (Å²) in [6.45, 7) is 0. The van der Waals surface area contributed by atoms with Crippen LogP contribution in [0.3, 0.4) is 0 Å². The average Bonchev–Trinajstić information content (AvgIpc) is 2.63. The maximum absolute atomic E-state index is 11.6. The smallest absolute Gasteiger partial charge is 0.169 e. The molecule has 0 atom stereocenters. The van der Waals surface area contributed by atoms with Gasteiger partial charge in [0.15, 0.2) is 6.29 Å². The van der Waals surface area contributed by atoms with E-state index in [1.54, 1.807) is 24.3 Å². The van der Waals surface area contributed by atoms with Crippen LogP contribution >= 0.6 is 11.6 Å². The number of rotatable bonds is 5. The molecule has 3 nitrogen and oxygen atoms in total. The van der Waals surface area contributed by atoms with Gasteiger partial charge in [-0.2, -0.15) is 0 Å². The third-order valence-corrected chi connectivity index (χ3v) is 3.70. The van der Waals surface area contributed by atoms with Crippen molar-refractivity contribution in [3.8, 4) is 0 Å². The molecule has 0 fully saturated rings. The molecule has 0 aromatic heterocycles. The molecule has 3 aromatic rings. The van der Waals surface area contributed by atoms with Gasteiger partial charge >= 0.3 is 0 Å². The SMILES string of the molecule is O=CC(=Nc1ccc(Cl)cc1)c1ccccc1Nc1ccccc1. The summed E-state index contributed by atoms with van der Waals surface area (Å²) in [4.78, 5) is 16.0. The molecule has 1 N–H and O–H groups in total. The minimum atomic E-state index is 0.358. The van der Waals surface area contributed by atoms with E-state index in [-0.39, 0.29) is 0 Å². The van der Waals surface area contributed by atoms with Crippen molar-refractivity contribution in [1.82, 2.24) is 0 Å². The first-order valence-electron chi connectivity index (χ1n) is 7.47. The van der Waals surface area contributed by atoms with E-state index in [0.717, 1.165) is 23.2 Å². The Bertz CT molecular complexity index is 858. The van der Waals surface area contributed by atoms with E-state index < -0.39 is 0 Å². The fourth-order valence-electron chi connectivity index (χ4n) is 2.30. The number of aldehydes is 1. The van der Waals surface area contributed by atoms with Crippen molar-refractivity contribution in [2.24, 2.45) is 4.99 Å². The summed E-state index contributed by atoms with van der Waals surface area (Å²) in [6.07, 6.45) is 0.764. The fourth-order valence-corrected chi connectivity index (χ4v) is 2.42. The average molecular weight is 335 g/mol. The number of hydrogen-bond acceptors (Lipinski definition) is 3. The number of nitrogens with one attached hydrogen (secondary N) is 1. The molecule has 0 unspecified atom stereocenters. The summed E-state index contributed by atoms with van der Waals surface area (Å²) in [5, 5.41) is 3.95. The van der Waals surface area contributed by atoms with E-state index in [0.29, 0.717) is 16.4 Å². The van der Waals surface area contributed by atoms with Crippen molar-refractivity contribution in [1.29, 1.82) is 0 Å². The van der Waals surface area contributed by atoms with Crippen LogP contribution in [0.4, 0.5) is 17.1 Å². The molecule has 0 aliphatic rings. The van der Waals surface area contributed by atoms with Crippen LogP contribution in [0.1, 0.15) is 5.56 Å². The number of halogens is 1. The summed E-state index contributed by atoms with van der Waals surface area (Å²) in [6, 6.07) is 24.4. The summed E-state index contributed by atoms with van der Waals surface area (Å²) in [5.74, 6) is 0. The van der Waals surface area contributed by atoms with Gasteiger partial charge in [-0.3, -0.25) is 4.79 Å². The van der Waals surface area contributed by atoms with Crippen molar-refractivity contribution < 1.29 is 4.79 Å². The fraction of sp³-hybridized carbons (Fsp3) is 0. The second kappa shape index (κ2) is 7.57. The molecule has 118 valence electrons. The molecule has 4 heteroatoms. The number of carbonyl (C=O) groups excluding carboxylic acids is 1. The Balaban J connectivity index is 1.97. The van der Waals surface area contributed by atoms with Gasteiger partial charge in [0, 0.05) is 22.0 Å². The van der Waals surface area contributed by atoms with Crippen molar-refractivity contribution >= 4 is 40.7 Å². The number of benzene rings is 3. The highest BCUT2D eigenvalue weighted by atomic mass is 35.5. The number of carbonyl (C=O) groups is 1. The van der Waals surface area contributed by atoms with Crippen LogP contribution < -0.4 is 5.32 Å². The minimum Gasteiger partial charge on any atom is -0.355 e. The second-order valence-electron chi connectivity index (χ2n) is 5.13. The summed E-state index contributed by atoms with van der Waals surface area (Å²) in [7, 11) is 0. The molecule has 0 amide bonds. The van der Waals surface area contributed by atoms with E-state index in [4.69, 9.17) is 11.6 Å². The Morgan fingerprint density at radius 2 is 1.54 bits per heavy atom. The van der Waals surface area contributed by atoms with Gasteiger partial charge in [0.2, 0.25) is 0 Å². The van der Waals surface area contributed by atoms with Gasteiger partial charge in [0.05, 0.1) is 5.69 Å². The minimum absolute atomic E-state index is 0.358. The first kappa shape index (κ1) is 16.0. The molecule has 0 bridgehead atoms. The normalized spacial score (nSPS) is 11.1. The molecule has 0 saturated carbocycles. The van der Waals surface area contributed by atoms with E-state index >= 15 is 0 Å². The Hall–Kier alpha value is -2.91. The van der Waals surface area contributed by atoms with E-state index in [1.807, 2.05) is 54.6 Å². The van der Waals surface area contributed by atoms with E-state index in [9.17, 15) is 4.79 Å². The molecule has 0 aliphatic carbocycles. The number of aliphatic imine (C=N–C) groups is 1. The van der Waals surface area contributed by atoms with Crippen molar-refractivity contribution in [2.75, 3.05) is 5.32 Å². The lowest BCUT2D eigenvalue weighted by molar-refractivity contribution is -0.102. The molecule has 0 heterocycles. The second-order valence-corrected chi connectivity index (χ2v) is 5.56. The number of anilines is 2. The van der Waals surface area contributed by atoms with Crippen LogP contribution in [0, 0.1) is 0 Å². The predicted molar refractivity (Wildman–Crippen MR) is 99.9 cm³/mol. The maximum Gasteiger partial charge on any atom is 0.169 e. The van der Waals surface area contributed by atoms with Crippen LogP contribution in [-0.4, -0.2) is 12.0 Å². The monoisotopic (exact) mass is 334 g/mol. The van der Waals surface area contributed by atoms with Gasteiger partial charge < -0.3 is 5.32 Å². The Morgan fingerprint density at radius 3 is 2.25 bits per heavy atom. The third kappa shape index (κ3) is 3.89. The summed E-state index contributed by atoms with van der Waals surface area (Å²) in [5.41, 5.74) is 3.55. The summed E-state index contributed by atoms with van der Waals surface area (Å²) < 4.78 is 0. The zero-order valence-electron chi connectivity index (χ0n) is 12.8. The standard InChI is InChI=1S/C20H15ClN2O/c21-15-10-12-17(13-11-15)23-20(14-24)18-8-4-5-9-19(18)22-16-6-2-1-3-7-16/h1-14,22H. The van der Waals surface area contributed by atoms with E-state index in [2.05, 4.69) is 10.3 Å². The molecule has 0 saturated heterocycles. The van der Waals surface area contributed by atoms with Gasteiger partial charge in [-0.1, -0.05) is 48.0 Å². The lowest BCUT2D eigenvalue weighted by Crippen LogP contribution is -2.06. The quantitative estimate of drug-likeness (QED) is 0.501. The van der Waals surface area contributed by atoms with Crippen molar-refractivity contribution in [3.63, 3.8) is 0 Å². The molecule has 3 aromatic carbocycles. The lowest BCUT2D eigenvalue weighted by Gasteiger charge is -2.11. The number of para-hydroxylation sites is 2. The highest BCUT2D eigenvalue weighted by Crippen LogP contribution is 2.23. The van der Waals surface area contributed by atoms with Gasteiger partial charge in [0.25, 0.3) is 0 Å². The van der Waals surface area contributed by atoms with Crippen molar-refractivity contribution in [3.05, 3.63) is 89.4 Å². The first-order valence-corrected chi connectivity index (χ1v) is 7.85. The zero-order chi connectivity index (χ0) is 16.8. The van der Waals surface area contributed by atoms with Crippen LogP contribution in [0.2, 0.25) is 5.02 Å². The Morgan fingerprint density at radius 1 is 0.875 bits per heavy atom. The van der Waals surface area contributed by atoms with Crippen LogP contribution in [-0.2, 0) is 4.79 Å². The number of hydrogen-bond donors (Lipinski definition) is 1. The van der Waals surface area contributed by atoms with Crippen LogP contribution in [0.5, 0.6) is 0 Å². The topological polar surface area (TPSA) is 41.5 Å². The molecule has 0 spiro atoms. The first-order chi connectivity index (χ1) is 11.8. The van der Waals surface area contributed by atoms with E-state index in [1.165, 1.54) is 0 Å². The van der Waals surface area contributed by atoms with Crippen LogP contribution in [0.25, 0.3) is 0 Å². The lowest BCUT2D eigenvalue weighted by atomic mass is 10.1. The van der Waals surface area contributed by atoms with Crippen LogP contribution in [0.15, 0.2) is 83.9 Å². The largest absolute Gasteiger partial charge is 0.355 e. The zero-order valence-corrected chi connectivity index (χ0v) is 13.6. The van der Waals surface area contributed by atoms with Gasteiger partial charge in [0.1, 0.15) is 5.71 Å². The summed E-state index contributed by atoms with van der Waals surface area (Å²) >= 11 is 5.89. The van der Waals surface area contributed by atoms with Gasteiger partial charge in [-0.05, 0) is 42.5 Å². The maximum atomic E-state index is 11.6. The molecule has 0 aliphatic heterocycles.